The number of carbonyl (C=O) groups is 1. The van der Waals surface area contributed by atoms with Crippen molar-refractivity contribution >= 4 is 11.6 Å². The molecule has 2 heteroatoms. The predicted octanol–water partition coefficient (Wildman–Crippen LogP) is 7.09. The highest BCUT2D eigenvalue weighted by molar-refractivity contribution is 5.99. The van der Waals surface area contributed by atoms with Crippen LogP contribution in [0.4, 0.5) is 5.69 Å². The predicted molar refractivity (Wildman–Crippen MR) is 121 cm³/mol. The van der Waals surface area contributed by atoms with Gasteiger partial charge in [-0.25, -0.2) is 0 Å². The lowest BCUT2D eigenvalue weighted by atomic mass is 9.64. The van der Waals surface area contributed by atoms with Gasteiger partial charge in [0.25, 0.3) is 0 Å². The van der Waals surface area contributed by atoms with Gasteiger partial charge in [-0.3, -0.25) is 4.79 Å². The topological polar surface area (TPSA) is 29.1 Å². The van der Waals surface area contributed by atoms with Crippen LogP contribution in [0.1, 0.15) is 53.9 Å². The third kappa shape index (κ3) is 6.99. The summed E-state index contributed by atoms with van der Waals surface area (Å²) in [4.78, 5) is 12.0. The van der Waals surface area contributed by atoms with E-state index in [9.17, 15) is 4.79 Å². The second-order valence-electron chi connectivity index (χ2n) is 8.76. The molecule has 2 rings (SSSR count). The van der Waals surface area contributed by atoms with Crippen LogP contribution in [-0.2, 0) is 4.79 Å². The summed E-state index contributed by atoms with van der Waals surface area (Å²) in [6.07, 6.45) is 16.3. The molecule has 0 saturated heterocycles. The molecule has 2 nitrogen and oxygen atoms in total. The third-order valence-corrected chi connectivity index (χ3v) is 5.68. The molecule has 1 saturated carbocycles. The molecule has 0 spiro atoms. The smallest absolute Gasteiger partial charge is 0.248 e. The van der Waals surface area contributed by atoms with Gasteiger partial charge in [-0.2, -0.15) is 0 Å². The average Bonchev–Trinajstić information content (AvgIpc) is 2.61. The Kier molecular flexibility index (Phi) is 8.04. The Morgan fingerprint density at radius 2 is 1.82 bits per heavy atom. The Hall–Kier alpha value is -2.35. The molecule has 28 heavy (non-hydrogen) atoms. The second kappa shape index (κ2) is 10.3. The molecule has 0 radical (unpaired) electrons. The van der Waals surface area contributed by atoms with Gasteiger partial charge in [0, 0.05) is 11.8 Å². The molecule has 1 aliphatic carbocycles. The summed E-state index contributed by atoms with van der Waals surface area (Å²) in [5, 5.41) is 2.86. The van der Waals surface area contributed by atoms with E-state index in [-0.39, 0.29) is 5.91 Å². The summed E-state index contributed by atoms with van der Waals surface area (Å²) in [7, 11) is 0. The molecule has 0 heterocycles. The van der Waals surface area contributed by atoms with Gasteiger partial charge in [0.2, 0.25) is 5.91 Å². The van der Waals surface area contributed by atoms with Gasteiger partial charge in [0.1, 0.15) is 0 Å². The zero-order valence-corrected chi connectivity index (χ0v) is 18.0. The number of allylic oxidation sites excluding steroid dienone is 7. The fraction of sp³-hybridized carbons (Fsp3) is 0.423. The second-order valence-corrected chi connectivity index (χ2v) is 8.76. The molecule has 1 N–H and O–H groups in total. The van der Waals surface area contributed by atoms with Gasteiger partial charge in [0.15, 0.2) is 0 Å². The molecule has 1 fully saturated rings. The van der Waals surface area contributed by atoms with E-state index in [1.54, 1.807) is 6.08 Å². The molecular weight excluding hydrogens is 342 g/mol. The van der Waals surface area contributed by atoms with Crippen molar-refractivity contribution in [3.05, 3.63) is 77.9 Å². The number of nitrogens with one attached hydrogen (secondary N) is 1. The van der Waals surface area contributed by atoms with Crippen LogP contribution in [0.3, 0.4) is 0 Å². The van der Waals surface area contributed by atoms with Crippen molar-refractivity contribution in [1.82, 2.24) is 0 Å². The van der Waals surface area contributed by atoms with E-state index in [0.29, 0.717) is 11.3 Å². The van der Waals surface area contributed by atoms with Crippen molar-refractivity contribution in [2.24, 2.45) is 17.3 Å². The van der Waals surface area contributed by atoms with Crippen molar-refractivity contribution in [1.29, 1.82) is 0 Å². The molecule has 150 valence electrons. The lowest BCUT2D eigenvalue weighted by molar-refractivity contribution is -0.111. The fourth-order valence-electron chi connectivity index (χ4n) is 4.06. The number of hydrogen-bond donors (Lipinski definition) is 1. The van der Waals surface area contributed by atoms with E-state index in [2.05, 4.69) is 51.2 Å². The van der Waals surface area contributed by atoms with Gasteiger partial charge in [-0.1, -0.05) is 87.8 Å². The fourth-order valence-corrected chi connectivity index (χ4v) is 4.06. The van der Waals surface area contributed by atoms with Crippen molar-refractivity contribution < 1.29 is 4.79 Å². The quantitative estimate of drug-likeness (QED) is 0.416. The van der Waals surface area contributed by atoms with E-state index in [0.717, 1.165) is 17.2 Å². The highest BCUT2D eigenvalue weighted by Gasteiger charge is 2.34. The Labute approximate surface area is 171 Å². The molecule has 0 aromatic heterocycles. The summed E-state index contributed by atoms with van der Waals surface area (Å²) in [5.41, 5.74) is 3.34. The van der Waals surface area contributed by atoms with E-state index in [4.69, 9.17) is 0 Å². The van der Waals surface area contributed by atoms with Crippen LogP contribution >= 0.6 is 0 Å². The number of para-hydroxylation sites is 1. The van der Waals surface area contributed by atoms with Gasteiger partial charge in [0.05, 0.1) is 0 Å². The highest BCUT2D eigenvalue weighted by atomic mass is 16.1. The maximum Gasteiger partial charge on any atom is 0.248 e. The van der Waals surface area contributed by atoms with Crippen molar-refractivity contribution in [3.8, 4) is 0 Å². The molecule has 1 aromatic rings. The molecule has 1 amide bonds. The molecule has 2 unspecified atom stereocenters. The van der Waals surface area contributed by atoms with Crippen LogP contribution in [0.15, 0.2) is 77.9 Å². The summed E-state index contributed by atoms with van der Waals surface area (Å²) in [6, 6.07) is 9.50. The van der Waals surface area contributed by atoms with E-state index in [1.807, 2.05) is 49.4 Å². The maximum absolute atomic E-state index is 12.0. The van der Waals surface area contributed by atoms with E-state index < -0.39 is 0 Å². The first-order chi connectivity index (χ1) is 13.3. The van der Waals surface area contributed by atoms with E-state index >= 15 is 0 Å². The van der Waals surface area contributed by atoms with Crippen molar-refractivity contribution in [3.63, 3.8) is 0 Å². The highest BCUT2D eigenvalue weighted by Crippen LogP contribution is 2.44. The van der Waals surface area contributed by atoms with Crippen LogP contribution in [0.2, 0.25) is 0 Å². The minimum Gasteiger partial charge on any atom is -0.323 e. The third-order valence-electron chi connectivity index (χ3n) is 5.68. The minimum atomic E-state index is -0.109. The first-order valence-corrected chi connectivity index (χ1v) is 10.4. The lowest BCUT2D eigenvalue weighted by Gasteiger charge is -2.41. The van der Waals surface area contributed by atoms with E-state index in [1.165, 1.54) is 24.8 Å². The summed E-state index contributed by atoms with van der Waals surface area (Å²) >= 11 is 0. The number of hydrogen-bond acceptors (Lipinski definition) is 1. The summed E-state index contributed by atoms with van der Waals surface area (Å²) in [5.74, 6) is 1.27. The first-order valence-electron chi connectivity index (χ1n) is 10.4. The minimum absolute atomic E-state index is 0.109. The standard InChI is InChI=1S/C26H35NO/c1-20(16-17-24-22(3)13-10-18-26(24,4)5)11-9-12-21(2)19-25(28)27-23-14-7-6-8-15-23/h6-9,11-12,14-17,19,22,24H,10,13,18H2,1-5H3,(H,27,28)/b12-9+,17-16+,20-11+,21-19+. The number of benzene rings is 1. The largest absolute Gasteiger partial charge is 0.323 e. The Bertz CT molecular complexity index is 765. The summed E-state index contributed by atoms with van der Waals surface area (Å²) in [6.45, 7) is 11.2. The molecule has 2 atom stereocenters. The molecule has 1 aromatic carbocycles. The Balaban J connectivity index is 1.92. The number of amides is 1. The van der Waals surface area contributed by atoms with Crippen molar-refractivity contribution in [2.75, 3.05) is 5.32 Å². The number of rotatable bonds is 6. The Morgan fingerprint density at radius 3 is 2.50 bits per heavy atom. The van der Waals surface area contributed by atoms with Gasteiger partial charge >= 0.3 is 0 Å². The zero-order valence-electron chi connectivity index (χ0n) is 18.0. The zero-order chi connectivity index (χ0) is 20.6. The molecule has 0 bridgehead atoms. The average molecular weight is 378 g/mol. The van der Waals surface area contributed by atoms with Crippen LogP contribution in [0.25, 0.3) is 0 Å². The van der Waals surface area contributed by atoms with Gasteiger partial charge < -0.3 is 5.32 Å². The van der Waals surface area contributed by atoms with Gasteiger partial charge in [-0.05, 0) is 55.2 Å². The van der Waals surface area contributed by atoms with Crippen LogP contribution in [0.5, 0.6) is 0 Å². The number of carbonyl (C=O) groups excluding carboxylic acids is 1. The summed E-state index contributed by atoms with van der Waals surface area (Å²) < 4.78 is 0. The molecular formula is C26H35NO. The SMILES string of the molecule is CC(/C=C/C1C(C)CCCC1(C)C)=C\C=C\C(C)=C\C(=O)Nc1ccccc1. The Morgan fingerprint density at radius 1 is 1.11 bits per heavy atom. The van der Waals surface area contributed by atoms with Crippen molar-refractivity contribution in [2.45, 2.75) is 53.9 Å². The molecule has 0 aliphatic heterocycles. The monoisotopic (exact) mass is 377 g/mol. The van der Waals surface area contributed by atoms with Gasteiger partial charge in [-0.15, -0.1) is 0 Å². The maximum atomic E-state index is 12.0. The number of anilines is 1. The van der Waals surface area contributed by atoms with Crippen LogP contribution < -0.4 is 5.32 Å². The van der Waals surface area contributed by atoms with Crippen LogP contribution in [0, 0.1) is 17.3 Å². The van der Waals surface area contributed by atoms with Crippen LogP contribution in [-0.4, -0.2) is 5.91 Å². The molecule has 1 aliphatic rings. The lowest BCUT2D eigenvalue weighted by Crippen LogP contribution is -2.32. The normalized spacial score (nSPS) is 23.3. The first kappa shape index (κ1) is 21.9.